The summed E-state index contributed by atoms with van der Waals surface area (Å²) in [5.41, 5.74) is 4.29. The average Bonchev–Trinajstić information content (AvgIpc) is 3.13. The van der Waals surface area contributed by atoms with Gasteiger partial charge in [-0.3, -0.25) is 19.7 Å². The number of thiophene rings is 1. The van der Waals surface area contributed by atoms with Crippen LogP contribution in [0.3, 0.4) is 0 Å². The van der Waals surface area contributed by atoms with Crippen LogP contribution >= 0.6 is 27.3 Å². The third-order valence-electron chi connectivity index (χ3n) is 4.36. The van der Waals surface area contributed by atoms with Gasteiger partial charge >= 0.3 is 0 Å². The molecule has 0 bridgehead atoms. The van der Waals surface area contributed by atoms with Crippen molar-refractivity contribution in [2.75, 3.05) is 5.43 Å². The Morgan fingerprint density at radius 3 is 2.70 bits per heavy atom. The molecule has 3 heterocycles. The first-order chi connectivity index (χ1) is 12.8. The van der Waals surface area contributed by atoms with Crippen LogP contribution in [0.15, 0.2) is 15.3 Å². The number of hydrogen-bond acceptors (Lipinski definition) is 5. The molecule has 144 valence electrons. The van der Waals surface area contributed by atoms with Crippen LogP contribution in [0, 0.1) is 20.8 Å². The molecule has 0 atom stereocenters. The second kappa shape index (κ2) is 7.93. The maximum absolute atomic E-state index is 12.8. The molecule has 0 aromatic carbocycles. The number of carbonyl (C=O) groups excluding carboxylic acids is 1. The molecular weight excluding hydrogens is 430 g/mol. The molecule has 3 aromatic heterocycles. The zero-order chi connectivity index (χ0) is 19.7. The van der Waals surface area contributed by atoms with E-state index in [1.165, 1.54) is 16.0 Å². The first kappa shape index (κ1) is 19.8. The lowest BCUT2D eigenvalue weighted by Crippen LogP contribution is -2.35. The summed E-state index contributed by atoms with van der Waals surface area (Å²) in [4.78, 5) is 31.5. The molecule has 0 saturated carbocycles. The number of fused-ring (bicyclic) bond motifs is 1. The summed E-state index contributed by atoms with van der Waals surface area (Å²) in [6.07, 6.45) is 2.15. The van der Waals surface area contributed by atoms with Gasteiger partial charge in [0.1, 0.15) is 10.7 Å². The average molecular weight is 452 g/mol. The van der Waals surface area contributed by atoms with Gasteiger partial charge in [0.15, 0.2) is 0 Å². The number of aryl methyl sites for hydroxylation is 4. The quantitative estimate of drug-likeness (QED) is 0.621. The molecule has 27 heavy (non-hydrogen) atoms. The number of amides is 1. The highest BCUT2D eigenvalue weighted by atomic mass is 79.9. The van der Waals surface area contributed by atoms with Gasteiger partial charge in [-0.1, -0.05) is 13.3 Å². The normalized spacial score (nSPS) is 11.3. The molecule has 3 aromatic rings. The third-order valence-corrected chi connectivity index (χ3v) is 6.60. The topological polar surface area (TPSA) is 81.8 Å². The van der Waals surface area contributed by atoms with E-state index in [1.54, 1.807) is 11.6 Å². The monoisotopic (exact) mass is 451 g/mol. The highest BCUT2D eigenvalue weighted by Crippen LogP contribution is 2.23. The van der Waals surface area contributed by atoms with Crippen molar-refractivity contribution >= 4 is 43.4 Å². The van der Waals surface area contributed by atoms with Crippen molar-refractivity contribution in [3.63, 3.8) is 0 Å². The van der Waals surface area contributed by atoms with Crippen molar-refractivity contribution in [3.8, 4) is 0 Å². The summed E-state index contributed by atoms with van der Waals surface area (Å²) >= 11 is 5.02. The van der Waals surface area contributed by atoms with Crippen molar-refractivity contribution in [3.05, 3.63) is 43.0 Å². The smallest absolute Gasteiger partial charge is 0.273 e. The van der Waals surface area contributed by atoms with E-state index < -0.39 is 0 Å². The summed E-state index contributed by atoms with van der Waals surface area (Å²) in [6.45, 7) is 8.11. The lowest BCUT2D eigenvalue weighted by molar-refractivity contribution is -0.117. The van der Waals surface area contributed by atoms with Crippen LogP contribution in [0.1, 0.15) is 41.9 Å². The Bertz CT molecular complexity index is 1070. The van der Waals surface area contributed by atoms with Gasteiger partial charge in [0.05, 0.1) is 22.1 Å². The summed E-state index contributed by atoms with van der Waals surface area (Å²) in [6, 6.07) is 1.88. The van der Waals surface area contributed by atoms with Crippen molar-refractivity contribution in [2.45, 2.75) is 53.5 Å². The maximum Gasteiger partial charge on any atom is 0.281 e. The van der Waals surface area contributed by atoms with Crippen LogP contribution in [0.4, 0.5) is 0 Å². The first-order valence-electron chi connectivity index (χ1n) is 8.83. The standard InChI is InChI=1S/C18H22BrN5O2S/c1-5-6-13-9-14-17(27-13)20-12(4)24(18(14)26)22-15(25)7-8-23-11(3)16(19)10(2)21-23/h9H,5-8H2,1-4H3,(H,22,25). The predicted molar refractivity (Wildman–Crippen MR) is 111 cm³/mol. The molecule has 0 aliphatic carbocycles. The predicted octanol–water partition coefficient (Wildman–Crippen LogP) is 3.46. The fraction of sp³-hybridized carbons (Fsp3) is 0.444. The fourth-order valence-electron chi connectivity index (χ4n) is 2.91. The Hall–Kier alpha value is -2.00. The minimum absolute atomic E-state index is 0.211. The highest BCUT2D eigenvalue weighted by molar-refractivity contribution is 9.10. The highest BCUT2D eigenvalue weighted by Gasteiger charge is 2.15. The molecule has 0 spiro atoms. The molecule has 7 nitrogen and oxygen atoms in total. The van der Waals surface area contributed by atoms with Crippen molar-refractivity contribution < 1.29 is 4.79 Å². The molecule has 0 aliphatic heterocycles. The van der Waals surface area contributed by atoms with E-state index in [2.05, 4.69) is 38.4 Å². The van der Waals surface area contributed by atoms with Crippen LogP contribution in [0.25, 0.3) is 10.2 Å². The van der Waals surface area contributed by atoms with Gasteiger partial charge < -0.3 is 0 Å². The lowest BCUT2D eigenvalue weighted by atomic mass is 10.2. The zero-order valence-electron chi connectivity index (χ0n) is 15.8. The van der Waals surface area contributed by atoms with Gasteiger partial charge in [0.2, 0.25) is 5.91 Å². The van der Waals surface area contributed by atoms with E-state index in [0.717, 1.165) is 38.4 Å². The van der Waals surface area contributed by atoms with E-state index >= 15 is 0 Å². The lowest BCUT2D eigenvalue weighted by Gasteiger charge is -2.11. The van der Waals surface area contributed by atoms with E-state index in [1.807, 2.05) is 19.9 Å². The molecule has 0 saturated heterocycles. The van der Waals surface area contributed by atoms with E-state index in [0.29, 0.717) is 17.8 Å². The largest absolute Gasteiger partial charge is 0.281 e. The van der Waals surface area contributed by atoms with Crippen LogP contribution in [-0.4, -0.2) is 25.3 Å². The van der Waals surface area contributed by atoms with Crippen molar-refractivity contribution in [1.29, 1.82) is 0 Å². The molecule has 0 radical (unpaired) electrons. The number of rotatable bonds is 6. The Balaban J connectivity index is 1.78. The third kappa shape index (κ3) is 3.98. The van der Waals surface area contributed by atoms with Crippen molar-refractivity contribution in [1.82, 2.24) is 19.4 Å². The number of nitrogens with zero attached hydrogens (tertiary/aromatic N) is 4. The van der Waals surface area contributed by atoms with Gasteiger partial charge in [-0.25, -0.2) is 9.66 Å². The van der Waals surface area contributed by atoms with Crippen molar-refractivity contribution in [2.24, 2.45) is 0 Å². The summed E-state index contributed by atoms with van der Waals surface area (Å²) in [7, 11) is 0. The number of halogens is 1. The Kier molecular flexibility index (Phi) is 5.81. The van der Waals surface area contributed by atoms with Gasteiger partial charge in [0.25, 0.3) is 5.56 Å². The van der Waals surface area contributed by atoms with Gasteiger partial charge in [-0.15, -0.1) is 11.3 Å². The first-order valence-corrected chi connectivity index (χ1v) is 10.4. The maximum atomic E-state index is 12.8. The van der Waals surface area contributed by atoms with E-state index in [4.69, 9.17) is 0 Å². The van der Waals surface area contributed by atoms with Crippen LogP contribution < -0.4 is 11.0 Å². The van der Waals surface area contributed by atoms with E-state index in [9.17, 15) is 9.59 Å². The fourth-order valence-corrected chi connectivity index (χ4v) is 4.36. The summed E-state index contributed by atoms with van der Waals surface area (Å²) in [5, 5.41) is 4.95. The van der Waals surface area contributed by atoms with Crippen LogP contribution in [-0.2, 0) is 17.8 Å². The molecule has 1 amide bonds. The second-order valence-corrected chi connectivity index (χ2v) is 8.38. The molecule has 1 N–H and O–H groups in total. The van der Waals surface area contributed by atoms with Crippen LogP contribution in [0.2, 0.25) is 0 Å². The molecular formula is C18H22BrN5O2S. The molecule has 9 heteroatoms. The molecule has 0 aliphatic rings. The van der Waals surface area contributed by atoms with Gasteiger partial charge in [-0.05, 0) is 49.2 Å². The summed E-state index contributed by atoms with van der Waals surface area (Å²) in [5.74, 6) is 0.216. The minimum atomic E-state index is -0.256. The van der Waals surface area contributed by atoms with Gasteiger partial charge in [0, 0.05) is 17.0 Å². The number of carbonyl (C=O) groups is 1. The Morgan fingerprint density at radius 1 is 1.33 bits per heavy atom. The molecule has 3 rings (SSSR count). The minimum Gasteiger partial charge on any atom is -0.273 e. The second-order valence-electron chi connectivity index (χ2n) is 6.47. The molecule has 0 unspecified atom stereocenters. The SMILES string of the molecule is CCCc1cc2c(=O)n(NC(=O)CCn3nc(C)c(Br)c3C)c(C)nc2s1. The van der Waals surface area contributed by atoms with Gasteiger partial charge in [-0.2, -0.15) is 5.10 Å². The number of hydrogen-bond donors (Lipinski definition) is 1. The summed E-state index contributed by atoms with van der Waals surface area (Å²) < 4.78 is 3.97. The van der Waals surface area contributed by atoms with Crippen LogP contribution in [0.5, 0.6) is 0 Å². The zero-order valence-corrected chi connectivity index (χ0v) is 18.2. The Morgan fingerprint density at radius 2 is 2.07 bits per heavy atom. The molecule has 0 fully saturated rings. The van der Waals surface area contributed by atoms with E-state index in [-0.39, 0.29) is 17.9 Å². The number of nitrogens with one attached hydrogen (secondary N) is 1. The Labute approximate surface area is 169 Å². The number of aromatic nitrogens is 4.